The number of unbranched alkanes of at least 4 members (excludes halogenated alkanes) is 2. The number of hydrogen-bond acceptors (Lipinski definition) is 6. The highest BCUT2D eigenvalue weighted by Gasteiger charge is 2.45. The smallest absolute Gasteiger partial charge is 0.407 e. The van der Waals surface area contributed by atoms with Crippen LogP contribution in [0.15, 0.2) is 78.9 Å². The van der Waals surface area contributed by atoms with E-state index >= 15 is 0 Å². The first kappa shape index (κ1) is 33.5. The van der Waals surface area contributed by atoms with Crippen molar-refractivity contribution in [1.29, 1.82) is 0 Å². The van der Waals surface area contributed by atoms with Gasteiger partial charge in [0, 0.05) is 6.54 Å². The quantitative estimate of drug-likeness (QED) is 0.127. The van der Waals surface area contributed by atoms with Crippen LogP contribution in [-0.2, 0) is 40.3 Å². The number of ether oxygens (including phenoxy) is 3. The standard InChI is InChI=1S/C39H49NO6/c1-2-3-6-17-33(41)19-20-34-32(24-40-39(43)46-26-29-14-9-5-10-15-29)21-31-23-36-30(22-35(31)34)16-11-18-37(36)44-27-38(42)45-25-28-12-7-4-8-13-28/h4-5,7-16,18,31-35,41H,2-3,6,17,19-27H2,1H3,(H,40,43)/t31-,32+,33+,34+,35+/m1/s1. The summed E-state index contributed by atoms with van der Waals surface area (Å²) in [5.74, 6) is 1.96. The lowest BCUT2D eigenvalue weighted by Crippen LogP contribution is -2.33. The van der Waals surface area contributed by atoms with Crippen LogP contribution >= 0.6 is 0 Å². The summed E-state index contributed by atoms with van der Waals surface area (Å²) in [4.78, 5) is 25.1. The zero-order valence-electron chi connectivity index (χ0n) is 27.1. The molecule has 0 bridgehead atoms. The molecule has 246 valence electrons. The molecule has 3 aromatic rings. The van der Waals surface area contributed by atoms with E-state index in [2.05, 4.69) is 18.3 Å². The van der Waals surface area contributed by atoms with Crippen LogP contribution in [0.5, 0.6) is 5.75 Å². The molecule has 0 unspecified atom stereocenters. The van der Waals surface area contributed by atoms with Gasteiger partial charge in [0.15, 0.2) is 6.61 Å². The lowest BCUT2D eigenvalue weighted by molar-refractivity contribution is -0.147. The molecular weight excluding hydrogens is 578 g/mol. The van der Waals surface area contributed by atoms with Crippen molar-refractivity contribution in [2.45, 2.75) is 84.0 Å². The zero-order chi connectivity index (χ0) is 32.1. The molecule has 0 aliphatic heterocycles. The summed E-state index contributed by atoms with van der Waals surface area (Å²) in [7, 11) is 0. The molecule has 1 saturated carbocycles. The number of carbonyl (C=O) groups excluding carboxylic acids is 2. The highest BCUT2D eigenvalue weighted by Crippen LogP contribution is 2.51. The fourth-order valence-corrected chi connectivity index (χ4v) is 7.42. The summed E-state index contributed by atoms with van der Waals surface area (Å²) in [6.45, 7) is 3.08. The van der Waals surface area contributed by atoms with Gasteiger partial charge >= 0.3 is 12.1 Å². The number of nitrogens with one attached hydrogen (secondary N) is 1. The lowest BCUT2D eigenvalue weighted by atomic mass is 9.73. The third-order valence-corrected chi connectivity index (χ3v) is 9.80. The van der Waals surface area contributed by atoms with Crippen molar-refractivity contribution in [1.82, 2.24) is 5.32 Å². The molecule has 0 saturated heterocycles. The monoisotopic (exact) mass is 627 g/mol. The van der Waals surface area contributed by atoms with E-state index in [0.29, 0.717) is 30.2 Å². The van der Waals surface area contributed by atoms with Crippen molar-refractivity contribution in [3.8, 4) is 5.75 Å². The number of hydrogen-bond donors (Lipinski definition) is 2. The number of fused-ring (bicyclic) bond motifs is 2. The van der Waals surface area contributed by atoms with Crippen molar-refractivity contribution >= 4 is 12.1 Å². The molecule has 1 amide bonds. The van der Waals surface area contributed by atoms with Gasteiger partial charge in [-0.05, 0) is 90.5 Å². The summed E-state index contributed by atoms with van der Waals surface area (Å²) in [6, 6.07) is 25.5. The predicted octanol–water partition coefficient (Wildman–Crippen LogP) is 7.42. The highest BCUT2D eigenvalue weighted by molar-refractivity contribution is 5.71. The molecule has 0 aromatic heterocycles. The van der Waals surface area contributed by atoms with E-state index in [4.69, 9.17) is 14.2 Å². The van der Waals surface area contributed by atoms with E-state index in [1.807, 2.05) is 72.8 Å². The number of amides is 1. The topological polar surface area (TPSA) is 94.1 Å². The molecule has 2 aliphatic carbocycles. The molecule has 3 aromatic carbocycles. The third kappa shape index (κ3) is 9.58. The summed E-state index contributed by atoms with van der Waals surface area (Å²) in [5, 5.41) is 13.8. The van der Waals surface area contributed by atoms with Crippen molar-refractivity contribution < 1.29 is 28.9 Å². The number of carbonyl (C=O) groups is 2. The Morgan fingerprint density at radius 1 is 0.870 bits per heavy atom. The molecule has 2 N–H and O–H groups in total. The van der Waals surface area contributed by atoms with E-state index in [1.54, 1.807) is 0 Å². The Bertz CT molecular complexity index is 1380. The zero-order valence-corrected chi connectivity index (χ0v) is 27.1. The maximum absolute atomic E-state index is 12.7. The summed E-state index contributed by atoms with van der Waals surface area (Å²) < 4.78 is 17.0. The average Bonchev–Trinajstić information content (AvgIpc) is 3.43. The molecule has 0 heterocycles. The largest absolute Gasteiger partial charge is 0.482 e. The first-order valence-electron chi connectivity index (χ1n) is 17.1. The fourth-order valence-electron chi connectivity index (χ4n) is 7.42. The molecular formula is C39H49NO6. The minimum atomic E-state index is -0.393. The van der Waals surface area contributed by atoms with Crippen LogP contribution in [0, 0.1) is 23.7 Å². The van der Waals surface area contributed by atoms with Crippen LogP contribution in [-0.4, -0.2) is 36.4 Å². The molecule has 46 heavy (non-hydrogen) atoms. The predicted molar refractivity (Wildman–Crippen MR) is 178 cm³/mol. The van der Waals surface area contributed by atoms with Gasteiger partial charge in [0.1, 0.15) is 19.0 Å². The summed E-state index contributed by atoms with van der Waals surface area (Å²) in [6.07, 6.45) is 8.05. The summed E-state index contributed by atoms with van der Waals surface area (Å²) >= 11 is 0. The second-order valence-electron chi connectivity index (χ2n) is 13.0. The van der Waals surface area contributed by atoms with E-state index < -0.39 is 6.09 Å². The van der Waals surface area contributed by atoms with Crippen molar-refractivity contribution in [3.63, 3.8) is 0 Å². The Labute approximate surface area is 273 Å². The fraction of sp³-hybridized carbons (Fsp3) is 0.487. The number of esters is 1. The van der Waals surface area contributed by atoms with Gasteiger partial charge in [-0.3, -0.25) is 0 Å². The number of benzene rings is 3. The Morgan fingerprint density at radius 3 is 2.30 bits per heavy atom. The van der Waals surface area contributed by atoms with E-state index in [-0.39, 0.29) is 31.9 Å². The second kappa shape index (κ2) is 17.2. The van der Waals surface area contributed by atoms with Crippen molar-refractivity contribution in [3.05, 3.63) is 101 Å². The summed E-state index contributed by atoms with van der Waals surface area (Å²) in [5.41, 5.74) is 4.34. The highest BCUT2D eigenvalue weighted by atomic mass is 16.6. The Hall–Kier alpha value is -3.84. The number of aliphatic hydroxyl groups is 1. The Morgan fingerprint density at radius 2 is 1.59 bits per heavy atom. The van der Waals surface area contributed by atoms with Gasteiger partial charge in [0.2, 0.25) is 0 Å². The number of aliphatic hydroxyl groups excluding tert-OH is 1. The number of rotatable bonds is 16. The normalized spacial score (nSPS) is 20.7. The molecule has 2 aliphatic rings. The molecule has 1 fully saturated rings. The van der Waals surface area contributed by atoms with Crippen LogP contribution in [0.25, 0.3) is 0 Å². The average molecular weight is 628 g/mol. The maximum Gasteiger partial charge on any atom is 0.407 e. The SMILES string of the molecule is CCCCC[C@H](O)CC[C@H]1[C@H](CNC(=O)OCc2ccccc2)C[C@@H]2Cc3c(cccc3OCC(=O)OCc3ccccc3)C[C@@H]21. The first-order valence-corrected chi connectivity index (χ1v) is 17.1. The van der Waals surface area contributed by atoms with Crippen LogP contribution in [0.4, 0.5) is 4.79 Å². The van der Waals surface area contributed by atoms with E-state index in [9.17, 15) is 14.7 Å². The van der Waals surface area contributed by atoms with Crippen LogP contribution in [0.1, 0.15) is 74.1 Å². The van der Waals surface area contributed by atoms with E-state index in [1.165, 1.54) is 11.1 Å². The van der Waals surface area contributed by atoms with Crippen LogP contribution in [0.2, 0.25) is 0 Å². The minimum absolute atomic E-state index is 0.131. The Kier molecular flexibility index (Phi) is 12.5. The van der Waals surface area contributed by atoms with Gasteiger partial charge in [-0.2, -0.15) is 0 Å². The maximum atomic E-state index is 12.7. The van der Waals surface area contributed by atoms with Gasteiger partial charge in [0.25, 0.3) is 0 Å². The lowest BCUT2D eigenvalue weighted by Gasteiger charge is -2.33. The van der Waals surface area contributed by atoms with Gasteiger partial charge in [-0.15, -0.1) is 0 Å². The van der Waals surface area contributed by atoms with Crippen molar-refractivity contribution in [2.24, 2.45) is 23.7 Å². The molecule has 5 rings (SSSR count). The van der Waals surface area contributed by atoms with Gasteiger partial charge in [-0.1, -0.05) is 99.0 Å². The Balaban J connectivity index is 1.20. The first-order chi connectivity index (χ1) is 22.5. The molecule has 5 atom stereocenters. The third-order valence-electron chi connectivity index (χ3n) is 9.80. The van der Waals surface area contributed by atoms with Crippen molar-refractivity contribution in [2.75, 3.05) is 13.2 Å². The minimum Gasteiger partial charge on any atom is -0.482 e. The number of alkyl carbamates (subject to hydrolysis) is 1. The van der Waals surface area contributed by atoms with E-state index in [0.717, 1.165) is 74.7 Å². The van der Waals surface area contributed by atoms with Gasteiger partial charge in [0.05, 0.1) is 6.10 Å². The van der Waals surface area contributed by atoms with Crippen LogP contribution in [0.3, 0.4) is 0 Å². The van der Waals surface area contributed by atoms with Crippen LogP contribution < -0.4 is 10.1 Å². The second-order valence-corrected chi connectivity index (χ2v) is 13.0. The molecule has 0 radical (unpaired) electrons. The van der Waals surface area contributed by atoms with Gasteiger partial charge < -0.3 is 24.6 Å². The van der Waals surface area contributed by atoms with Gasteiger partial charge in [-0.25, -0.2) is 9.59 Å². The molecule has 7 nitrogen and oxygen atoms in total. The molecule has 0 spiro atoms. The molecule has 7 heteroatoms.